The Bertz CT molecular complexity index is 293. The van der Waals surface area contributed by atoms with E-state index in [0.717, 1.165) is 0 Å². The zero-order chi connectivity index (χ0) is 9.90. The van der Waals surface area contributed by atoms with Crippen molar-refractivity contribution in [3.8, 4) is 0 Å². The summed E-state index contributed by atoms with van der Waals surface area (Å²) in [4.78, 5) is 14.1. The lowest BCUT2D eigenvalue weighted by atomic mass is 9.96. The second-order valence-corrected chi connectivity index (χ2v) is 3.17. The van der Waals surface area contributed by atoms with E-state index in [0.29, 0.717) is 17.5 Å². The Morgan fingerprint density at radius 2 is 2.38 bits per heavy atom. The summed E-state index contributed by atoms with van der Waals surface area (Å²) in [5.41, 5.74) is 6.02. The van der Waals surface area contributed by atoms with Gasteiger partial charge in [-0.05, 0) is 18.6 Å². The Labute approximate surface area is 76.4 Å². The van der Waals surface area contributed by atoms with Crippen LogP contribution >= 0.6 is 0 Å². The third-order valence-corrected chi connectivity index (χ3v) is 1.90. The van der Waals surface area contributed by atoms with Crippen molar-refractivity contribution in [2.45, 2.75) is 12.5 Å². The van der Waals surface area contributed by atoms with Gasteiger partial charge in [0, 0.05) is 6.20 Å². The molecule has 13 heavy (non-hydrogen) atoms. The molecule has 0 bridgehead atoms. The molecule has 0 aliphatic rings. The van der Waals surface area contributed by atoms with Gasteiger partial charge >= 0.3 is 0 Å². The fourth-order valence-electron chi connectivity index (χ4n) is 0.904. The Kier molecular flexibility index (Phi) is 2.75. The summed E-state index contributed by atoms with van der Waals surface area (Å²) in [6, 6.07) is 3.26. The summed E-state index contributed by atoms with van der Waals surface area (Å²) in [7, 11) is 0. The molecule has 1 rings (SSSR count). The van der Waals surface area contributed by atoms with Crippen LogP contribution in [-0.2, 0) is 5.54 Å². The molecule has 3 N–H and O–H groups in total. The number of carbonyl (C=O) groups is 1. The van der Waals surface area contributed by atoms with Crippen molar-refractivity contribution in [1.82, 2.24) is 4.98 Å². The average Bonchev–Trinajstić information content (AvgIpc) is 2.18. The topological polar surface area (TPSA) is 76.2 Å². The van der Waals surface area contributed by atoms with E-state index in [1.54, 1.807) is 19.1 Å². The molecule has 0 aliphatic heterocycles. The average molecular weight is 180 g/mol. The van der Waals surface area contributed by atoms with E-state index in [1.165, 1.54) is 6.20 Å². The molecule has 0 spiro atoms. The maximum absolute atomic E-state index is 10.3. The molecule has 1 unspecified atom stereocenters. The predicted octanol–water partition coefficient (Wildman–Crippen LogP) is 0.0603. The molecule has 0 aliphatic carbocycles. The maximum Gasteiger partial charge on any atom is 0.168 e. The minimum Gasteiger partial charge on any atom is -0.394 e. The first-order valence-corrected chi connectivity index (χ1v) is 3.91. The molecule has 1 heterocycles. The van der Waals surface area contributed by atoms with Crippen LogP contribution in [0.1, 0.15) is 23.0 Å². The summed E-state index contributed by atoms with van der Waals surface area (Å²) in [5.74, 6) is 0. The number of aliphatic hydroxyl groups excluding tert-OH is 1. The Hall–Kier alpha value is -1.26. The maximum atomic E-state index is 10.3. The fourth-order valence-corrected chi connectivity index (χ4v) is 0.904. The number of nitrogens with zero attached hydrogens (tertiary/aromatic N) is 1. The highest BCUT2D eigenvalue weighted by molar-refractivity contribution is 5.71. The van der Waals surface area contributed by atoms with Gasteiger partial charge in [0.2, 0.25) is 0 Å². The third kappa shape index (κ3) is 2.11. The lowest BCUT2D eigenvalue weighted by molar-refractivity contribution is 0.111. The van der Waals surface area contributed by atoms with E-state index in [1.807, 2.05) is 0 Å². The Morgan fingerprint density at radius 3 is 2.77 bits per heavy atom. The quantitative estimate of drug-likeness (QED) is 0.645. The second-order valence-electron chi connectivity index (χ2n) is 3.17. The highest BCUT2D eigenvalue weighted by atomic mass is 16.3. The molecule has 0 amide bonds. The number of rotatable bonds is 3. The third-order valence-electron chi connectivity index (χ3n) is 1.90. The van der Waals surface area contributed by atoms with Gasteiger partial charge in [0.1, 0.15) is 5.69 Å². The number of aliphatic hydroxyl groups is 1. The van der Waals surface area contributed by atoms with Crippen molar-refractivity contribution < 1.29 is 9.90 Å². The molecule has 1 aromatic heterocycles. The summed E-state index contributed by atoms with van der Waals surface area (Å²) < 4.78 is 0. The van der Waals surface area contributed by atoms with E-state index < -0.39 is 5.54 Å². The number of pyridine rings is 1. The molecule has 1 atom stereocenters. The van der Waals surface area contributed by atoms with E-state index in [9.17, 15) is 4.79 Å². The van der Waals surface area contributed by atoms with E-state index >= 15 is 0 Å². The lowest BCUT2D eigenvalue weighted by Gasteiger charge is -2.21. The van der Waals surface area contributed by atoms with Gasteiger partial charge in [-0.3, -0.25) is 9.78 Å². The van der Waals surface area contributed by atoms with Gasteiger partial charge in [-0.1, -0.05) is 6.07 Å². The van der Waals surface area contributed by atoms with E-state index in [-0.39, 0.29) is 6.61 Å². The van der Waals surface area contributed by atoms with Crippen molar-refractivity contribution in [2.24, 2.45) is 5.73 Å². The molecule has 1 aromatic rings. The number of aldehydes is 1. The van der Waals surface area contributed by atoms with Crippen LogP contribution in [0, 0.1) is 0 Å². The van der Waals surface area contributed by atoms with Crippen LogP contribution in [0.25, 0.3) is 0 Å². The zero-order valence-corrected chi connectivity index (χ0v) is 7.40. The Morgan fingerprint density at radius 1 is 1.69 bits per heavy atom. The lowest BCUT2D eigenvalue weighted by Crippen LogP contribution is -2.37. The highest BCUT2D eigenvalue weighted by Gasteiger charge is 2.19. The first-order valence-electron chi connectivity index (χ1n) is 3.91. The monoisotopic (exact) mass is 180 g/mol. The van der Waals surface area contributed by atoms with Crippen LogP contribution in [0.2, 0.25) is 0 Å². The highest BCUT2D eigenvalue weighted by Crippen LogP contribution is 2.15. The molecule has 4 nitrogen and oxygen atoms in total. The minimum atomic E-state index is -0.797. The van der Waals surface area contributed by atoms with Gasteiger partial charge in [-0.2, -0.15) is 0 Å². The Balaban J connectivity index is 2.98. The summed E-state index contributed by atoms with van der Waals surface area (Å²) in [6.45, 7) is 1.54. The number of hydrogen-bond acceptors (Lipinski definition) is 4. The molecular formula is C9H12N2O2. The molecular weight excluding hydrogens is 168 g/mol. The van der Waals surface area contributed by atoms with Gasteiger partial charge in [0.25, 0.3) is 0 Å². The molecule has 0 saturated heterocycles. The SMILES string of the molecule is CC(N)(CO)c1ccc(C=O)nc1. The molecule has 0 fully saturated rings. The van der Waals surface area contributed by atoms with Crippen molar-refractivity contribution in [3.05, 3.63) is 29.6 Å². The zero-order valence-electron chi connectivity index (χ0n) is 7.40. The standard InChI is InChI=1S/C9H12N2O2/c1-9(10,6-13)7-2-3-8(5-12)11-4-7/h2-5,13H,6,10H2,1H3. The van der Waals surface area contributed by atoms with E-state index in [2.05, 4.69) is 4.98 Å². The number of hydrogen-bond donors (Lipinski definition) is 2. The van der Waals surface area contributed by atoms with Crippen LogP contribution in [-0.4, -0.2) is 23.0 Å². The summed E-state index contributed by atoms with van der Waals surface area (Å²) >= 11 is 0. The van der Waals surface area contributed by atoms with Crippen LogP contribution in [0.4, 0.5) is 0 Å². The number of carbonyl (C=O) groups excluding carboxylic acids is 1. The van der Waals surface area contributed by atoms with E-state index in [4.69, 9.17) is 10.8 Å². The van der Waals surface area contributed by atoms with Crippen LogP contribution < -0.4 is 5.73 Å². The van der Waals surface area contributed by atoms with Crippen molar-refractivity contribution in [1.29, 1.82) is 0 Å². The van der Waals surface area contributed by atoms with Crippen LogP contribution in [0.5, 0.6) is 0 Å². The van der Waals surface area contributed by atoms with Crippen molar-refractivity contribution in [3.63, 3.8) is 0 Å². The van der Waals surface area contributed by atoms with Gasteiger partial charge < -0.3 is 10.8 Å². The van der Waals surface area contributed by atoms with Crippen LogP contribution in [0.3, 0.4) is 0 Å². The molecule has 0 aromatic carbocycles. The molecule has 4 heteroatoms. The molecule has 70 valence electrons. The van der Waals surface area contributed by atoms with Crippen molar-refractivity contribution in [2.75, 3.05) is 6.61 Å². The second kappa shape index (κ2) is 3.64. The summed E-state index contributed by atoms with van der Waals surface area (Å²) in [5, 5.41) is 8.95. The molecule has 0 radical (unpaired) electrons. The van der Waals surface area contributed by atoms with Crippen LogP contribution in [0.15, 0.2) is 18.3 Å². The van der Waals surface area contributed by atoms with Crippen molar-refractivity contribution >= 4 is 6.29 Å². The molecule has 0 saturated carbocycles. The fraction of sp³-hybridized carbons (Fsp3) is 0.333. The number of aromatic nitrogens is 1. The predicted molar refractivity (Wildman–Crippen MR) is 48.2 cm³/mol. The van der Waals surface area contributed by atoms with Gasteiger partial charge in [-0.25, -0.2) is 0 Å². The first-order chi connectivity index (χ1) is 6.10. The number of nitrogens with two attached hydrogens (primary N) is 1. The first kappa shape index (κ1) is 9.83. The van der Waals surface area contributed by atoms with Gasteiger partial charge in [0.15, 0.2) is 6.29 Å². The smallest absolute Gasteiger partial charge is 0.168 e. The minimum absolute atomic E-state index is 0.158. The normalized spacial score (nSPS) is 15.0. The summed E-state index contributed by atoms with van der Waals surface area (Å²) in [6.07, 6.45) is 2.16. The largest absolute Gasteiger partial charge is 0.394 e. The van der Waals surface area contributed by atoms with Gasteiger partial charge in [-0.15, -0.1) is 0 Å². The van der Waals surface area contributed by atoms with Gasteiger partial charge in [0.05, 0.1) is 12.1 Å².